The lowest BCUT2D eigenvalue weighted by Gasteiger charge is -2.07. The van der Waals surface area contributed by atoms with Crippen molar-refractivity contribution >= 4 is 23.4 Å². The van der Waals surface area contributed by atoms with Gasteiger partial charge < -0.3 is 0 Å². The maximum Gasteiger partial charge on any atom is 0.451 e. The van der Waals surface area contributed by atoms with Crippen LogP contribution in [0.2, 0.25) is 5.15 Å². The molecule has 2 aromatic heterocycles. The van der Waals surface area contributed by atoms with Crippen LogP contribution in [0.1, 0.15) is 11.5 Å². The molecule has 0 aliphatic heterocycles. The molecule has 9 heteroatoms. The fourth-order valence-corrected chi connectivity index (χ4v) is 2.53. The zero-order valence-electron chi connectivity index (χ0n) is 9.86. The van der Waals surface area contributed by atoms with Gasteiger partial charge in [-0.1, -0.05) is 23.4 Å². The highest BCUT2D eigenvalue weighted by Gasteiger charge is 2.35. The molecule has 0 unspecified atom stereocenters. The average Bonchev–Trinajstić information content (AvgIpc) is 2.55. The summed E-state index contributed by atoms with van der Waals surface area (Å²) in [5.74, 6) is -1.25. The molecule has 0 aromatic carbocycles. The average molecular weight is 309 g/mol. The molecular formula is C10H8ClF3N4S. The molecule has 2 rings (SSSR count). The second-order valence-corrected chi connectivity index (χ2v) is 5.13. The molecule has 2 aromatic rings. The summed E-state index contributed by atoms with van der Waals surface area (Å²) in [6.07, 6.45) is -4.62. The topological polar surface area (TPSA) is 43.6 Å². The molecule has 0 amide bonds. The molecule has 0 N–H and O–H groups in total. The Bertz CT molecular complexity index is 611. The smallest absolute Gasteiger partial charge is 0.261 e. The van der Waals surface area contributed by atoms with Gasteiger partial charge in [-0.2, -0.15) is 18.3 Å². The highest BCUT2D eigenvalue weighted by Crippen LogP contribution is 2.32. The van der Waals surface area contributed by atoms with E-state index >= 15 is 0 Å². The van der Waals surface area contributed by atoms with Crippen LogP contribution in [0.5, 0.6) is 0 Å². The first-order valence-electron chi connectivity index (χ1n) is 5.06. The Balaban J connectivity index is 2.35. The molecule has 0 saturated heterocycles. The highest BCUT2D eigenvalue weighted by atomic mass is 35.5. The SMILES string of the molecule is Cc1cc(Sc2cc(Cl)nc(C(F)(F)F)n2)n(C)n1. The van der Waals surface area contributed by atoms with Crippen molar-refractivity contribution in [2.75, 3.05) is 0 Å². The van der Waals surface area contributed by atoms with Crippen LogP contribution in [-0.4, -0.2) is 19.7 Å². The molecule has 0 spiro atoms. The Kier molecular flexibility index (Phi) is 3.73. The summed E-state index contributed by atoms with van der Waals surface area (Å²) in [6.45, 7) is 1.79. The van der Waals surface area contributed by atoms with E-state index < -0.39 is 12.0 Å². The zero-order valence-corrected chi connectivity index (χ0v) is 11.4. The van der Waals surface area contributed by atoms with Crippen molar-refractivity contribution in [3.63, 3.8) is 0 Å². The summed E-state index contributed by atoms with van der Waals surface area (Å²) in [7, 11) is 1.70. The van der Waals surface area contributed by atoms with E-state index in [9.17, 15) is 13.2 Å². The van der Waals surface area contributed by atoms with E-state index in [1.165, 1.54) is 6.07 Å². The third kappa shape index (κ3) is 3.38. The summed E-state index contributed by atoms with van der Waals surface area (Å²) in [4.78, 5) is 6.62. The predicted octanol–water partition coefficient (Wildman–Crippen LogP) is 3.34. The first-order valence-corrected chi connectivity index (χ1v) is 6.25. The second kappa shape index (κ2) is 5.01. The van der Waals surface area contributed by atoms with Gasteiger partial charge in [-0.05, 0) is 13.0 Å². The maximum absolute atomic E-state index is 12.6. The van der Waals surface area contributed by atoms with Crippen LogP contribution in [0.25, 0.3) is 0 Å². The Morgan fingerprint density at radius 3 is 2.47 bits per heavy atom. The van der Waals surface area contributed by atoms with Gasteiger partial charge in [-0.15, -0.1) is 0 Å². The van der Waals surface area contributed by atoms with Crippen LogP contribution in [0, 0.1) is 6.92 Å². The quantitative estimate of drug-likeness (QED) is 0.798. The second-order valence-electron chi connectivity index (χ2n) is 3.70. The predicted molar refractivity (Wildman–Crippen MR) is 64.1 cm³/mol. The summed E-state index contributed by atoms with van der Waals surface area (Å²) < 4.78 is 39.2. The molecule has 0 aliphatic rings. The van der Waals surface area contributed by atoms with Gasteiger partial charge in [0.05, 0.1) is 5.69 Å². The molecule has 19 heavy (non-hydrogen) atoms. The van der Waals surface area contributed by atoms with E-state index in [1.54, 1.807) is 24.7 Å². The number of halogens is 4. The number of nitrogens with zero attached hydrogens (tertiary/aromatic N) is 4. The Morgan fingerprint density at radius 1 is 1.26 bits per heavy atom. The van der Waals surface area contributed by atoms with Crippen LogP contribution in [0.4, 0.5) is 13.2 Å². The van der Waals surface area contributed by atoms with Crippen molar-refractivity contribution in [2.24, 2.45) is 7.05 Å². The Labute approximate surface area is 116 Å². The molecule has 102 valence electrons. The fourth-order valence-electron chi connectivity index (χ4n) is 1.37. The van der Waals surface area contributed by atoms with Gasteiger partial charge >= 0.3 is 6.18 Å². The van der Waals surface area contributed by atoms with Crippen molar-refractivity contribution in [2.45, 2.75) is 23.2 Å². The highest BCUT2D eigenvalue weighted by molar-refractivity contribution is 7.99. The minimum absolute atomic E-state index is 0.121. The minimum Gasteiger partial charge on any atom is -0.261 e. The van der Waals surface area contributed by atoms with Gasteiger partial charge in [0.15, 0.2) is 0 Å². The lowest BCUT2D eigenvalue weighted by atomic mass is 10.5. The number of rotatable bonds is 2. The molecule has 0 bridgehead atoms. The molecular weight excluding hydrogens is 301 g/mol. The van der Waals surface area contributed by atoms with Gasteiger partial charge in [0, 0.05) is 13.1 Å². The number of hydrogen-bond donors (Lipinski definition) is 0. The van der Waals surface area contributed by atoms with Crippen LogP contribution < -0.4 is 0 Å². The number of alkyl halides is 3. The molecule has 4 nitrogen and oxygen atoms in total. The summed E-state index contributed by atoms with van der Waals surface area (Å²) >= 11 is 6.62. The third-order valence-corrected chi connectivity index (χ3v) is 3.30. The normalized spacial score (nSPS) is 11.9. The first-order chi connectivity index (χ1) is 8.75. The zero-order chi connectivity index (χ0) is 14.2. The van der Waals surface area contributed by atoms with Crippen LogP contribution in [-0.2, 0) is 13.2 Å². The van der Waals surface area contributed by atoms with Crippen molar-refractivity contribution in [3.05, 3.63) is 28.8 Å². The van der Waals surface area contributed by atoms with Crippen molar-refractivity contribution in [1.29, 1.82) is 0 Å². The summed E-state index contributed by atoms with van der Waals surface area (Å²) in [5, 5.41) is 4.64. The lowest BCUT2D eigenvalue weighted by Crippen LogP contribution is -2.11. The monoisotopic (exact) mass is 308 g/mol. The Morgan fingerprint density at radius 2 is 1.95 bits per heavy atom. The first kappa shape index (κ1) is 14.1. The lowest BCUT2D eigenvalue weighted by molar-refractivity contribution is -0.145. The molecule has 0 atom stereocenters. The van der Waals surface area contributed by atoms with Crippen LogP contribution in [0.15, 0.2) is 22.2 Å². The molecule has 2 heterocycles. The largest absolute Gasteiger partial charge is 0.451 e. The number of aryl methyl sites for hydroxylation is 2. The van der Waals surface area contributed by atoms with Gasteiger partial charge in [-0.3, -0.25) is 4.68 Å². The van der Waals surface area contributed by atoms with Crippen molar-refractivity contribution < 1.29 is 13.2 Å². The van der Waals surface area contributed by atoms with Crippen LogP contribution >= 0.6 is 23.4 Å². The third-order valence-electron chi connectivity index (χ3n) is 2.09. The summed E-state index contributed by atoms with van der Waals surface area (Å²) in [5.41, 5.74) is 0.765. The number of hydrogen-bond acceptors (Lipinski definition) is 4. The fraction of sp³-hybridized carbons (Fsp3) is 0.300. The molecule has 0 saturated carbocycles. The van der Waals surface area contributed by atoms with Crippen molar-refractivity contribution in [1.82, 2.24) is 19.7 Å². The van der Waals surface area contributed by atoms with Gasteiger partial charge in [-0.25, -0.2) is 9.97 Å². The number of aromatic nitrogens is 4. The maximum atomic E-state index is 12.6. The molecule has 0 aliphatic carbocycles. The van der Waals surface area contributed by atoms with E-state index in [4.69, 9.17) is 11.6 Å². The van der Waals surface area contributed by atoms with E-state index in [-0.39, 0.29) is 10.2 Å². The van der Waals surface area contributed by atoms with E-state index in [2.05, 4.69) is 15.1 Å². The van der Waals surface area contributed by atoms with E-state index in [1.807, 2.05) is 0 Å². The van der Waals surface area contributed by atoms with Gasteiger partial charge in [0.25, 0.3) is 0 Å². The minimum atomic E-state index is -4.62. The molecule has 0 radical (unpaired) electrons. The van der Waals surface area contributed by atoms with Gasteiger partial charge in [0.1, 0.15) is 15.2 Å². The standard InChI is InChI=1S/C10H8ClF3N4S/c1-5-3-8(18(2)17-5)19-7-4-6(11)15-9(16-7)10(12,13)14/h3-4H,1-2H3. The van der Waals surface area contributed by atoms with Crippen molar-refractivity contribution in [3.8, 4) is 0 Å². The Hall–Kier alpha value is -1.28. The van der Waals surface area contributed by atoms with Crippen LogP contribution in [0.3, 0.4) is 0 Å². The molecule has 0 fully saturated rings. The van der Waals surface area contributed by atoms with E-state index in [0.29, 0.717) is 5.03 Å². The summed E-state index contributed by atoms with van der Waals surface area (Å²) in [6, 6.07) is 3.03. The van der Waals surface area contributed by atoms with Gasteiger partial charge in [0.2, 0.25) is 5.82 Å². The van der Waals surface area contributed by atoms with E-state index in [0.717, 1.165) is 17.5 Å².